The smallest absolute Gasteiger partial charge is 0.236 e. The Hall–Kier alpha value is -1.17. The number of hydrogen-bond donors (Lipinski definition) is 1. The summed E-state index contributed by atoms with van der Waals surface area (Å²) in [6.45, 7) is 3.31. The van der Waals surface area contributed by atoms with Gasteiger partial charge < -0.3 is 9.52 Å². The second kappa shape index (κ2) is 6.52. The minimum atomic E-state index is 0.297. The van der Waals surface area contributed by atoms with Gasteiger partial charge in [-0.1, -0.05) is 6.07 Å². The van der Waals surface area contributed by atoms with Gasteiger partial charge in [-0.15, -0.1) is 11.3 Å². The number of thiophene rings is 1. The van der Waals surface area contributed by atoms with Crippen molar-refractivity contribution in [2.24, 2.45) is 5.92 Å². The zero-order valence-electron chi connectivity index (χ0n) is 11.5. The van der Waals surface area contributed by atoms with Crippen molar-refractivity contribution in [1.82, 2.24) is 9.88 Å². The second-order valence-electron chi connectivity index (χ2n) is 5.38. The molecule has 20 heavy (non-hydrogen) atoms. The summed E-state index contributed by atoms with van der Waals surface area (Å²) in [5, 5.41) is 11.1. The number of oxazole rings is 1. The van der Waals surface area contributed by atoms with Gasteiger partial charge in [-0.3, -0.25) is 4.90 Å². The van der Waals surface area contributed by atoms with Gasteiger partial charge in [0.15, 0.2) is 0 Å². The fourth-order valence-corrected chi connectivity index (χ4v) is 3.49. The molecule has 1 N–H and O–H groups in total. The molecule has 1 atom stereocenters. The summed E-state index contributed by atoms with van der Waals surface area (Å²) in [4.78, 5) is 8.06. The monoisotopic (exact) mass is 292 g/mol. The Kier molecular flexibility index (Phi) is 4.50. The van der Waals surface area contributed by atoms with Crippen molar-refractivity contribution in [3.8, 4) is 10.8 Å². The van der Waals surface area contributed by atoms with Crippen LogP contribution in [0.1, 0.15) is 25.0 Å². The molecule has 0 aliphatic carbocycles. The maximum atomic E-state index is 9.06. The SMILES string of the molecule is OCCC1CCCN(Cc2coc(-c3cccs3)n2)C1. The average Bonchev–Trinajstić information content (AvgIpc) is 3.10. The second-order valence-corrected chi connectivity index (χ2v) is 6.32. The third-order valence-electron chi connectivity index (χ3n) is 3.81. The van der Waals surface area contributed by atoms with E-state index in [9.17, 15) is 0 Å². The molecule has 1 saturated heterocycles. The van der Waals surface area contributed by atoms with E-state index in [0.29, 0.717) is 12.5 Å². The number of aromatic nitrogens is 1. The Morgan fingerprint density at radius 3 is 3.25 bits per heavy atom. The third kappa shape index (κ3) is 3.29. The standard InChI is InChI=1S/C15H20N2O2S/c18-7-5-12-3-1-6-17(9-12)10-13-11-19-15(16-13)14-4-2-8-20-14/h2,4,8,11-12,18H,1,3,5-7,9-10H2. The first kappa shape index (κ1) is 13.8. The van der Waals surface area contributed by atoms with Crippen LogP contribution in [0.4, 0.5) is 0 Å². The number of aliphatic hydroxyl groups is 1. The van der Waals surface area contributed by atoms with E-state index in [1.54, 1.807) is 17.6 Å². The lowest BCUT2D eigenvalue weighted by atomic mass is 9.95. The summed E-state index contributed by atoms with van der Waals surface area (Å²) in [5.74, 6) is 1.34. The Morgan fingerprint density at radius 2 is 2.45 bits per heavy atom. The number of rotatable bonds is 5. The predicted molar refractivity (Wildman–Crippen MR) is 79.5 cm³/mol. The topological polar surface area (TPSA) is 49.5 Å². The quantitative estimate of drug-likeness (QED) is 0.920. The lowest BCUT2D eigenvalue weighted by Crippen LogP contribution is -2.35. The number of aliphatic hydroxyl groups excluding tert-OH is 1. The minimum Gasteiger partial charge on any atom is -0.444 e. The molecule has 5 heteroatoms. The minimum absolute atomic E-state index is 0.297. The van der Waals surface area contributed by atoms with E-state index in [2.05, 4.69) is 9.88 Å². The van der Waals surface area contributed by atoms with Crippen LogP contribution in [-0.2, 0) is 6.54 Å². The van der Waals surface area contributed by atoms with E-state index in [4.69, 9.17) is 9.52 Å². The van der Waals surface area contributed by atoms with Crippen LogP contribution in [0.3, 0.4) is 0 Å². The molecule has 2 aromatic heterocycles. The number of piperidine rings is 1. The first-order valence-corrected chi connectivity index (χ1v) is 8.04. The molecule has 2 aromatic rings. The molecule has 3 rings (SSSR count). The van der Waals surface area contributed by atoms with Crippen LogP contribution in [0.25, 0.3) is 10.8 Å². The summed E-state index contributed by atoms with van der Waals surface area (Å²) in [5.41, 5.74) is 0.998. The van der Waals surface area contributed by atoms with Crippen LogP contribution >= 0.6 is 11.3 Å². The van der Waals surface area contributed by atoms with Crippen molar-refractivity contribution in [2.75, 3.05) is 19.7 Å². The predicted octanol–water partition coefficient (Wildman–Crippen LogP) is 3.00. The van der Waals surface area contributed by atoms with E-state index in [1.165, 1.54) is 12.8 Å². The van der Waals surface area contributed by atoms with Gasteiger partial charge in [0.25, 0.3) is 0 Å². The zero-order chi connectivity index (χ0) is 13.8. The molecule has 1 fully saturated rings. The maximum absolute atomic E-state index is 9.06. The van der Waals surface area contributed by atoms with Crippen LogP contribution in [0, 0.1) is 5.92 Å². The van der Waals surface area contributed by atoms with Gasteiger partial charge in [0.1, 0.15) is 6.26 Å². The molecule has 1 unspecified atom stereocenters. The van der Waals surface area contributed by atoms with Crippen molar-refractivity contribution in [2.45, 2.75) is 25.8 Å². The largest absolute Gasteiger partial charge is 0.444 e. The first-order valence-electron chi connectivity index (χ1n) is 7.16. The number of likely N-dealkylation sites (tertiary alicyclic amines) is 1. The molecule has 0 amide bonds. The van der Waals surface area contributed by atoms with Gasteiger partial charge in [-0.25, -0.2) is 4.98 Å². The first-order chi connectivity index (χ1) is 9.85. The van der Waals surface area contributed by atoms with E-state index >= 15 is 0 Å². The van der Waals surface area contributed by atoms with E-state index in [1.807, 2.05) is 17.5 Å². The summed E-state index contributed by atoms with van der Waals surface area (Å²) in [6.07, 6.45) is 5.12. The molecular formula is C15H20N2O2S. The molecule has 3 heterocycles. The fourth-order valence-electron chi connectivity index (χ4n) is 2.84. The van der Waals surface area contributed by atoms with Gasteiger partial charge in [0.05, 0.1) is 10.6 Å². The molecule has 0 radical (unpaired) electrons. The highest BCUT2D eigenvalue weighted by Gasteiger charge is 2.20. The highest BCUT2D eigenvalue weighted by atomic mass is 32.1. The van der Waals surface area contributed by atoms with Crippen molar-refractivity contribution in [1.29, 1.82) is 0 Å². The molecular weight excluding hydrogens is 272 g/mol. The summed E-state index contributed by atoms with van der Waals surface area (Å²) >= 11 is 1.64. The normalized spacial score (nSPS) is 20.4. The molecule has 0 saturated carbocycles. The summed E-state index contributed by atoms with van der Waals surface area (Å²) in [6, 6.07) is 4.03. The van der Waals surface area contributed by atoms with Gasteiger partial charge in [0, 0.05) is 19.7 Å². The molecule has 4 nitrogen and oxygen atoms in total. The molecule has 1 aliphatic heterocycles. The van der Waals surface area contributed by atoms with Crippen molar-refractivity contribution in [3.05, 3.63) is 29.5 Å². The van der Waals surface area contributed by atoms with Gasteiger partial charge >= 0.3 is 0 Å². The summed E-state index contributed by atoms with van der Waals surface area (Å²) < 4.78 is 5.56. The van der Waals surface area contributed by atoms with Gasteiger partial charge in [0.2, 0.25) is 5.89 Å². The lowest BCUT2D eigenvalue weighted by molar-refractivity contribution is 0.141. The highest BCUT2D eigenvalue weighted by molar-refractivity contribution is 7.13. The zero-order valence-corrected chi connectivity index (χ0v) is 12.3. The Bertz CT molecular complexity index is 522. The van der Waals surface area contributed by atoms with E-state index in [0.717, 1.165) is 42.5 Å². The number of nitrogens with zero attached hydrogens (tertiary/aromatic N) is 2. The van der Waals surface area contributed by atoms with Gasteiger partial charge in [-0.05, 0) is 43.2 Å². The molecule has 0 aromatic carbocycles. The van der Waals surface area contributed by atoms with Crippen molar-refractivity contribution >= 4 is 11.3 Å². The number of hydrogen-bond acceptors (Lipinski definition) is 5. The molecule has 0 bridgehead atoms. The Balaban J connectivity index is 1.60. The average molecular weight is 292 g/mol. The molecule has 108 valence electrons. The van der Waals surface area contributed by atoms with Gasteiger partial charge in [-0.2, -0.15) is 0 Å². The summed E-state index contributed by atoms with van der Waals surface area (Å²) in [7, 11) is 0. The Morgan fingerprint density at radius 1 is 1.50 bits per heavy atom. The van der Waals surface area contributed by atoms with Crippen LogP contribution in [0.5, 0.6) is 0 Å². The third-order valence-corrected chi connectivity index (χ3v) is 4.67. The Labute approximate surface area is 123 Å². The lowest BCUT2D eigenvalue weighted by Gasteiger charge is -2.31. The highest BCUT2D eigenvalue weighted by Crippen LogP contribution is 2.25. The maximum Gasteiger partial charge on any atom is 0.236 e. The fraction of sp³-hybridized carbons (Fsp3) is 0.533. The molecule has 0 spiro atoms. The van der Waals surface area contributed by atoms with Crippen LogP contribution < -0.4 is 0 Å². The van der Waals surface area contributed by atoms with Crippen LogP contribution in [-0.4, -0.2) is 34.7 Å². The van der Waals surface area contributed by atoms with E-state index in [-0.39, 0.29) is 0 Å². The van der Waals surface area contributed by atoms with E-state index < -0.39 is 0 Å². The van der Waals surface area contributed by atoms with Crippen LogP contribution in [0.15, 0.2) is 28.2 Å². The molecule has 1 aliphatic rings. The van der Waals surface area contributed by atoms with Crippen LogP contribution in [0.2, 0.25) is 0 Å². The van der Waals surface area contributed by atoms with Crippen molar-refractivity contribution < 1.29 is 9.52 Å². The van der Waals surface area contributed by atoms with Crippen molar-refractivity contribution in [3.63, 3.8) is 0 Å².